The van der Waals surface area contributed by atoms with E-state index >= 15 is 0 Å². The van der Waals surface area contributed by atoms with Crippen LogP contribution in [0.1, 0.15) is 17.0 Å². The molecular weight excluding hydrogens is 264 g/mol. The van der Waals surface area contributed by atoms with Gasteiger partial charge in [-0.3, -0.25) is 9.59 Å². The lowest BCUT2D eigenvalue weighted by molar-refractivity contribution is -0.119. The summed E-state index contributed by atoms with van der Waals surface area (Å²) in [6.45, 7) is 0.479. The van der Waals surface area contributed by atoms with Crippen LogP contribution >= 0.6 is 15.9 Å². The van der Waals surface area contributed by atoms with Crippen LogP contribution in [-0.2, 0) is 4.79 Å². The van der Waals surface area contributed by atoms with Gasteiger partial charge in [0.25, 0.3) is 5.91 Å². The molecule has 0 radical (unpaired) electrons. The molecule has 0 aromatic carbocycles. The molecule has 1 aromatic heterocycles. The smallest absolute Gasteiger partial charge is 0.287 e. The first-order chi connectivity index (χ1) is 7.15. The molecule has 0 bridgehead atoms. The first kappa shape index (κ1) is 10.2. The molecule has 2 heterocycles. The number of carbonyl (C=O) groups is 2. The predicted molar refractivity (Wildman–Crippen MR) is 55.3 cm³/mol. The summed E-state index contributed by atoms with van der Waals surface area (Å²) in [5.74, 6) is -0.107. The molecule has 0 saturated carbocycles. The predicted octanol–water partition coefficient (Wildman–Crippen LogP) is 0.660. The van der Waals surface area contributed by atoms with Crippen LogP contribution in [0.3, 0.4) is 0 Å². The topological polar surface area (TPSA) is 71.3 Å². The van der Waals surface area contributed by atoms with Gasteiger partial charge in [0.2, 0.25) is 5.91 Å². The van der Waals surface area contributed by atoms with Gasteiger partial charge in [0, 0.05) is 13.0 Å². The Labute approximate surface area is 94.3 Å². The van der Waals surface area contributed by atoms with Gasteiger partial charge in [0.15, 0.2) is 10.4 Å². The van der Waals surface area contributed by atoms with Crippen molar-refractivity contribution < 1.29 is 14.0 Å². The largest absolute Gasteiger partial charge is 0.444 e. The highest BCUT2D eigenvalue weighted by Crippen LogP contribution is 2.14. The fraction of sp³-hybridized carbons (Fsp3) is 0.333. The third-order valence-corrected chi connectivity index (χ3v) is 2.54. The van der Waals surface area contributed by atoms with Gasteiger partial charge in [-0.15, -0.1) is 0 Å². The van der Waals surface area contributed by atoms with Gasteiger partial charge in [-0.05, 0) is 28.1 Å². The maximum atomic E-state index is 11.6. The minimum atomic E-state index is -0.304. The van der Waals surface area contributed by atoms with Crippen molar-refractivity contribution in [1.82, 2.24) is 10.6 Å². The molecule has 1 aromatic rings. The van der Waals surface area contributed by atoms with Crippen molar-refractivity contribution in [3.8, 4) is 0 Å². The number of halogens is 1. The highest BCUT2D eigenvalue weighted by Gasteiger charge is 2.24. The second kappa shape index (κ2) is 4.06. The Bertz CT molecular complexity index is 402. The zero-order chi connectivity index (χ0) is 10.8. The van der Waals surface area contributed by atoms with Gasteiger partial charge < -0.3 is 15.1 Å². The van der Waals surface area contributed by atoms with Crippen LogP contribution in [0.2, 0.25) is 0 Å². The summed E-state index contributed by atoms with van der Waals surface area (Å²) in [5.41, 5.74) is 0. The molecule has 1 aliphatic rings. The molecule has 0 spiro atoms. The summed E-state index contributed by atoms with van der Waals surface area (Å²) in [4.78, 5) is 22.4. The van der Waals surface area contributed by atoms with Crippen molar-refractivity contribution in [1.29, 1.82) is 0 Å². The van der Waals surface area contributed by atoms with Crippen LogP contribution in [0.15, 0.2) is 21.2 Å². The number of hydrogen-bond donors (Lipinski definition) is 2. The third-order valence-electron chi connectivity index (χ3n) is 2.11. The number of carbonyl (C=O) groups excluding carboxylic acids is 2. The number of furan rings is 1. The Hall–Kier alpha value is -1.30. The third kappa shape index (κ3) is 2.38. The molecule has 1 atom stereocenters. The molecule has 0 unspecified atom stereocenters. The van der Waals surface area contributed by atoms with Crippen molar-refractivity contribution in [2.45, 2.75) is 12.5 Å². The molecule has 5 nitrogen and oxygen atoms in total. The van der Waals surface area contributed by atoms with Crippen LogP contribution in [0, 0.1) is 0 Å². The van der Waals surface area contributed by atoms with Crippen LogP contribution in [-0.4, -0.2) is 24.4 Å². The molecule has 0 aliphatic carbocycles. The van der Waals surface area contributed by atoms with E-state index in [-0.39, 0.29) is 23.6 Å². The lowest BCUT2D eigenvalue weighted by Gasteiger charge is -2.07. The minimum Gasteiger partial charge on any atom is -0.444 e. The maximum Gasteiger partial charge on any atom is 0.287 e. The van der Waals surface area contributed by atoms with E-state index in [1.165, 1.54) is 0 Å². The number of hydrogen-bond acceptors (Lipinski definition) is 3. The fourth-order valence-electron chi connectivity index (χ4n) is 1.40. The number of amides is 2. The first-order valence-electron chi connectivity index (χ1n) is 4.48. The lowest BCUT2D eigenvalue weighted by atomic mass is 10.2. The Morgan fingerprint density at radius 1 is 1.60 bits per heavy atom. The quantitative estimate of drug-likeness (QED) is 0.831. The summed E-state index contributed by atoms with van der Waals surface area (Å²) in [5, 5.41) is 5.34. The fourth-order valence-corrected chi connectivity index (χ4v) is 1.71. The summed E-state index contributed by atoms with van der Waals surface area (Å²) >= 11 is 3.11. The highest BCUT2D eigenvalue weighted by molar-refractivity contribution is 9.10. The van der Waals surface area contributed by atoms with Crippen LogP contribution in [0.4, 0.5) is 0 Å². The molecular formula is C9H9BrN2O3. The van der Waals surface area contributed by atoms with Crippen molar-refractivity contribution in [2.75, 3.05) is 6.54 Å². The van der Waals surface area contributed by atoms with E-state index in [1.54, 1.807) is 12.1 Å². The summed E-state index contributed by atoms with van der Waals surface area (Å²) in [6.07, 6.45) is 0.327. The highest BCUT2D eigenvalue weighted by atomic mass is 79.9. The molecule has 2 N–H and O–H groups in total. The van der Waals surface area contributed by atoms with Crippen LogP contribution < -0.4 is 10.6 Å². The zero-order valence-corrected chi connectivity index (χ0v) is 9.33. The molecule has 2 amide bonds. The molecule has 6 heteroatoms. The van der Waals surface area contributed by atoms with Crippen LogP contribution in [0.25, 0.3) is 0 Å². The maximum absolute atomic E-state index is 11.6. The summed E-state index contributed by atoms with van der Waals surface area (Å²) in [7, 11) is 0. The standard InChI is InChI=1S/C9H9BrN2O3/c10-7-2-1-6(15-7)9(14)12-5-3-8(13)11-4-5/h1-2,5H,3-4H2,(H,11,13)(H,12,14)/t5-/m1/s1. The SMILES string of the molecule is O=C1C[C@@H](NC(=O)c2ccc(Br)o2)CN1. The molecule has 1 fully saturated rings. The summed E-state index contributed by atoms with van der Waals surface area (Å²) in [6, 6.07) is 3.07. The average Bonchev–Trinajstić information content (AvgIpc) is 2.75. The van der Waals surface area contributed by atoms with Gasteiger partial charge in [-0.2, -0.15) is 0 Å². The molecule has 80 valence electrons. The van der Waals surface area contributed by atoms with Crippen molar-refractivity contribution in [3.05, 3.63) is 22.6 Å². The van der Waals surface area contributed by atoms with E-state index in [1.807, 2.05) is 0 Å². The Morgan fingerprint density at radius 2 is 2.40 bits per heavy atom. The molecule has 1 saturated heterocycles. The van der Waals surface area contributed by atoms with Gasteiger partial charge in [0.05, 0.1) is 6.04 Å². The molecule has 2 rings (SSSR count). The normalized spacial score (nSPS) is 20.1. The van der Waals surface area contributed by atoms with E-state index in [0.717, 1.165) is 0 Å². The lowest BCUT2D eigenvalue weighted by Crippen LogP contribution is -2.35. The van der Waals surface area contributed by atoms with E-state index in [9.17, 15) is 9.59 Å². The summed E-state index contributed by atoms with van der Waals surface area (Å²) < 4.78 is 5.59. The average molecular weight is 273 g/mol. The molecule has 15 heavy (non-hydrogen) atoms. The van der Waals surface area contributed by atoms with E-state index in [0.29, 0.717) is 17.6 Å². The van der Waals surface area contributed by atoms with E-state index < -0.39 is 0 Å². The molecule has 1 aliphatic heterocycles. The van der Waals surface area contributed by atoms with Gasteiger partial charge in [-0.1, -0.05) is 0 Å². The van der Waals surface area contributed by atoms with Crippen molar-refractivity contribution >= 4 is 27.7 Å². The van der Waals surface area contributed by atoms with Crippen molar-refractivity contribution in [2.24, 2.45) is 0 Å². The monoisotopic (exact) mass is 272 g/mol. The Morgan fingerprint density at radius 3 is 2.93 bits per heavy atom. The van der Waals surface area contributed by atoms with E-state index in [4.69, 9.17) is 4.42 Å². The second-order valence-corrected chi connectivity index (χ2v) is 4.06. The van der Waals surface area contributed by atoms with Gasteiger partial charge in [-0.25, -0.2) is 0 Å². The Kier molecular flexibility index (Phi) is 2.77. The van der Waals surface area contributed by atoms with E-state index in [2.05, 4.69) is 26.6 Å². The van der Waals surface area contributed by atoms with Gasteiger partial charge >= 0.3 is 0 Å². The van der Waals surface area contributed by atoms with Crippen LogP contribution in [0.5, 0.6) is 0 Å². The Balaban J connectivity index is 1.95. The number of rotatable bonds is 2. The van der Waals surface area contributed by atoms with Gasteiger partial charge in [0.1, 0.15) is 0 Å². The number of nitrogens with one attached hydrogen (secondary N) is 2. The first-order valence-corrected chi connectivity index (χ1v) is 5.27. The minimum absolute atomic E-state index is 0.0408. The zero-order valence-electron chi connectivity index (χ0n) is 7.75. The van der Waals surface area contributed by atoms with Crippen molar-refractivity contribution in [3.63, 3.8) is 0 Å². The second-order valence-electron chi connectivity index (χ2n) is 3.28.